The van der Waals surface area contributed by atoms with Gasteiger partial charge in [0.05, 0.1) is 22.9 Å². The number of fused-ring (bicyclic) bond motifs is 2. The molecule has 3 atom stereocenters. The number of ether oxygens (including phenoxy) is 1. The molecule has 2 fully saturated rings. The van der Waals surface area contributed by atoms with E-state index < -0.39 is 0 Å². The van der Waals surface area contributed by atoms with Crippen molar-refractivity contribution in [1.29, 1.82) is 0 Å². The molecule has 1 aromatic heterocycles. The molecule has 3 nitrogen and oxygen atoms in total. The van der Waals surface area contributed by atoms with Gasteiger partial charge >= 0.3 is 0 Å². The van der Waals surface area contributed by atoms with Crippen molar-refractivity contribution in [3.8, 4) is 0 Å². The molecule has 0 aliphatic carbocycles. The van der Waals surface area contributed by atoms with E-state index in [0.29, 0.717) is 30.6 Å². The zero-order chi connectivity index (χ0) is 12.0. The highest BCUT2D eigenvalue weighted by atomic mass is 32.1. The predicted molar refractivity (Wildman–Crippen MR) is 69.3 cm³/mol. The minimum Gasteiger partial charge on any atom is -0.374 e. The average Bonchev–Trinajstić information content (AvgIpc) is 3.02. The van der Waals surface area contributed by atoms with Gasteiger partial charge in [0, 0.05) is 17.3 Å². The second-order valence-corrected chi connectivity index (χ2v) is 6.55. The van der Waals surface area contributed by atoms with Crippen LogP contribution in [0.2, 0.25) is 0 Å². The second-order valence-electron chi connectivity index (χ2n) is 5.44. The highest BCUT2D eigenvalue weighted by molar-refractivity contribution is 7.11. The fourth-order valence-electron chi connectivity index (χ4n) is 3.04. The van der Waals surface area contributed by atoms with Gasteiger partial charge in [0.1, 0.15) is 0 Å². The lowest BCUT2D eigenvalue weighted by molar-refractivity contribution is 0.100. The van der Waals surface area contributed by atoms with Crippen LogP contribution in [0.25, 0.3) is 0 Å². The van der Waals surface area contributed by atoms with Gasteiger partial charge < -0.3 is 10.5 Å². The van der Waals surface area contributed by atoms with E-state index in [1.165, 1.54) is 34.8 Å². The van der Waals surface area contributed by atoms with Crippen molar-refractivity contribution in [1.82, 2.24) is 4.98 Å². The second kappa shape index (κ2) is 4.34. The van der Waals surface area contributed by atoms with Crippen molar-refractivity contribution in [3.05, 3.63) is 15.6 Å². The molecule has 2 aliphatic rings. The lowest BCUT2D eigenvalue weighted by Gasteiger charge is -2.15. The monoisotopic (exact) mass is 252 g/mol. The molecule has 0 saturated carbocycles. The molecule has 2 bridgehead atoms. The van der Waals surface area contributed by atoms with Crippen LogP contribution < -0.4 is 5.73 Å². The molecular formula is C13H20N2OS. The smallest absolute Gasteiger partial charge is 0.0989 e. The van der Waals surface area contributed by atoms with Crippen LogP contribution in [0.15, 0.2) is 0 Å². The molecule has 0 amide bonds. The van der Waals surface area contributed by atoms with E-state index in [-0.39, 0.29) is 0 Å². The van der Waals surface area contributed by atoms with E-state index in [4.69, 9.17) is 15.5 Å². The van der Waals surface area contributed by atoms with E-state index in [0.717, 1.165) is 0 Å². The zero-order valence-electron chi connectivity index (χ0n) is 10.5. The van der Waals surface area contributed by atoms with Gasteiger partial charge in [-0.3, -0.25) is 0 Å². The minimum absolute atomic E-state index is 0.428. The highest BCUT2D eigenvalue weighted by Gasteiger charge is 2.43. The van der Waals surface area contributed by atoms with Crippen LogP contribution in [-0.4, -0.2) is 17.2 Å². The fourth-order valence-corrected chi connectivity index (χ4v) is 4.30. The molecular weight excluding hydrogens is 232 g/mol. The molecule has 3 heterocycles. The van der Waals surface area contributed by atoms with Crippen LogP contribution in [0, 0.1) is 0 Å². The number of hydrogen-bond acceptors (Lipinski definition) is 4. The Balaban J connectivity index is 1.88. The highest BCUT2D eigenvalue weighted by Crippen LogP contribution is 2.46. The third-order valence-corrected chi connectivity index (χ3v) is 5.12. The summed E-state index contributed by atoms with van der Waals surface area (Å²) in [5.74, 6) is 1.01. The number of aromatic nitrogens is 1. The van der Waals surface area contributed by atoms with E-state index in [1.54, 1.807) is 0 Å². The van der Waals surface area contributed by atoms with E-state index >= 15 is 0 Å². The Morgan fingerprint density at radius 3 is 2.76 bits per heavy atom. The summed E-state index contributed by atoms with van der Waals surface area (Å²) in [6, 6.07) is 0. The van der Waals surface area contributed by atoms with E-state index in [2.05, 4.69) is 13.8 Å². The first-order chi connectivity index (χ1) is 8.19. The van der Waals surface area contributed by atoms with E-state index in [1.807, 2.05) is 11.3 Å². The lowest BCUT2D eigenvalue weighted by Crippen LogP contribution is -2.14. The normalized spacial score (nSPS) is 31.6. The van der Waals surface area contributed by atoms with E-state index in [9.17, 15) is 0 Å². The topological polar surface area (TPSA) is 48.1 Å². The predicted octanol–water partition coefficient (Wildman–Crippen LogP) is 2.76. The molecule has 17 heavy (non-hydrogen) atoms. The summed E-state index contributed by atoms with van der Waals surface area (Å²) in [5.41, 5.74) is 7.02. The third-order valence-electron chi connectivity index (χ3n) is 3.90. The zero-order valence-corrected chi connectivity index (χ0v) is 11.3. The van der Waals surface area contributed by atoms with Crippen LogP contribution in [0.4, 0.5) is 0 Å². The summed E-state index contributed by atoms with van der Waals surface area (Å²) in [4.78, 5) is 6.10. The number of thiazole rings is 1. The SMILES string of the molecule is CC(C)c1nc(C2CC3CCC2O3)sc1CN. The van der Waals surface area contributed by atoms with Gasteiger partial charge in [0.15, 0.2) is 0 Å². The summed E-state index contributed by atoms with van der Waals surface area (Å²) in [6.45, 7) is 5.00. The van der Waals surface area contributed by atoms with Crippen molar-refractivity contribution < 1.29 is 4.74 Å². The molecule has 3 rings (SSSR count). The minimum atomic E-state index is 0.428. The van der Waals surface area contributed by atoms with Crippen LogP contribution in [0.5, 0.6) is 0 Å². The molecule has 0 aromatic carbocycles. The quantitative estimate of drug-likeness (QED) is 0.900. The molecule has 94 valence electrons. The van der Waals surface area contributed by atoms with Crippen LogP contribution in [-0.2, 0) is 11.3 Å². The molecule has 2 aliphatic heterocycles. The van der Waals surface area contributed by atoms with Crippen molar-refractivity contribution in [2.45, 2.75) is 63.7 Å². The maximum absolute atomic E-state index is 5.92. The third kappa shape index (κ3) is 1.92. The van der Waals surface area contributed by atoms with Gasteiger partial charge in [-0.25, -0.2) is 4.98 Å². The summed E-state index contributed by atoms with van der Waals surface area (Å²) in [6.07, 6.45) is 4.55. The molecule has 0 radical (unpaired) electrons. The Labute approximate surface area is 106 Å². The van der Waals surface area contributed by atoms with Gasteiger partial charge in [-0.05, 0) is 25.2 Å². The van der Waals surface area contributed by atoms with Gasteiger partial charge in [-0.15, -0.1) is 11.3 Å². The Morgan fingerprint density at radius 1 is 1.47 bits per heavy atom. The molecule has 2 saturated heterocycles. The van der Waals surface area contributed by atoms with Crippen LogP contribution in [0.1, 0.15) is 60.5 Å². The molecule has 0 spiro atoms. The Kier molecular flexibility index (Phi) is 2.97. The maximum Gasteiger partial charge on any atom is 0.0989 e. The van der Waals surface area contributed by atoms with Crippen molar-refractivity contribution in [2.24, 2.45) is 5.73 Å². The number of hydrogen-bond donors (Lipinski definition) is 1. The molecule has 4 heteroatoms. The first-order valence-electron chi connectivity index (χ1n) is 6.54. The van der Waals surface area contributed by atoms with Crippen molar-refractivity contribution in [2.75, 3.05) is 0 Å². The molecule has 3 unspecified atom stereocenters. The standard InChI is InChI=1S/C13H20N2OS/c1-7(2)12-11(6-14)17-13(15-12)9-5-8-3-4-10(9)16-8/h7-10H,3-6,14H2,1-2H3. The van der Waals surface area contributed by atoms with Crippen LogP contribution >= 0.6 is 11.3 Å². The lowest BCUT2D eigenvalue weighted by atomic mass is 9.90. The number of nitrogens with zero attached hydrogens (tertiary/aromatic N) is 1. The Bertz CT molecular complexity index is 416. The van der Waals surface area contributed by atoms with Crippen molar-refractivity contribution in [3.63, 3.8) is 0 Å². The number of rotatable bonds is 3. The Hall–Kier alpha value is -0.450. The molecule has 1 aromatic rings. The summed E-state index contributed by atoms with van der Waals surface area (Å²) in [5, 5.41) is 1.27. The first kappa shape index (κ1) is 11.6. The largest absolute Gasteiger partial charge is 0.374 e. The van der Waals surface area contributed by atoms with Gasteiger partial charge in [-0.2, -0.15) is 0 Å². The summed E-state index contributed by atoms with van der Waals surface area (Å²) < 4.78 is 5.92. The number of nitrogens with two attached hydrogens (primary N) is 1. The fraction of sp³-hybridized carbons (Fsp3) is 0.769. The summed E-state index contributed by atoms with van der Waals surface area (Å²) >= 11 is 1.81. The maximum atomic E-state index is 5.92. The van der Waals surface area contributed by atoms with Crippen LogP contribution in [0.3, 0.4) is 0 Å². The van der Waals surface area contributed by atoms with Crippen molar-refractivity contribution >= 4 is 11.3 Å². The Morgan fingerprint density at radius 2 is 2.29 bits per heavy atom. The molecule has 2 N–H and O–H groups in total. The average molecular weight is 252 g/mol. The van der Waals surface area contributed by atoms with Gasteiger partial charge in [0.25, 0.3) is 0 Å². The summed E-state index contributed by atoms with van der Waals surface area (Å²) in [7, 11) is 0. The van der Waals surface area contributed by atoms with Gasteiger partial charge in [0.2, 0.25) is 0 Å². The first-order valence-corrected chi connectivity index (χ1v) is 7.35. The van der Waals surface area contributed by atoms with Gasteiger partial charge in [-0.1, -0.05) is 13.8 Å².